The number of H-pyrrole nitrogens is 1. The molecule has 2 aromatic rings. The minimum Gasteiger partial charge on any atom is -0.306 e. The Balaban J connectivity index is 2.16. The molecule has 0 spiro atoms. The predicted octanol–water partition coefficient (Wildman–Crippen LogP) is 3.32. The van der Waals surface area contributed by atoms with Crippen LogP contribution < -0.4 is 5.56 Å². The summed E-state index contributed by atoms with van der Waals surface area (Å²) in [6.07, 6.45) is 5.22. The summed E-state index contributed by atoms with van der Waals surface area (Å²) in [7, 11) is 0. The Bertz CT molecular complexity index is 701. The molecule has 0 fully saturated rings. The van der Waals surface area contributed by atoms with Crippen LogP contribution in [0, 0.1) is 13.8 Å². The van der Waals surface area contributed by atoms with E-state index >= 15 is 0 Å². The molecule has 0 atom stereocenters. The molecule has 1 aliphatic carbocycles. The summed E-state index contributed by atoms with van der Waals surface area (Å²) in [5.41, 5.74) is 5.32. The van der Waals surface area contributed by atoms with Crippen molar-refractivity contribution in [3.8, 4) is 11.4 Å². The molecule has 1 aromatic carbocycles. The van der Waals surface area contributed by atoms with Gasteiger partial charge in [-0.3, -0.25) is 4.79 Å². The fourth-order valence-electron chi connectivity index (χ4n) is 2.90. The Morgan fingerprint density at radius 1 is 1.10 bits per heavy atom. The molecule has 0 aliphatic heterocycles. The lowest BCUT2D eigenvalue weighted by molar-refractivity contribution is 0.708. The van der Waals surface area contributed by atoms with Gasteiger partial charge in [0.05, 0.1) is 5.69 Å². The van der Waals surface area contributed by atoms with Crippen molar-refractivity contribution in [1.82, 2.24) is 9.97 Å². The second-order valence-electron chi connectivity index (χ2n) is 5.72. The average Bonchev–Trinajstić information content (AvgIpc) is 2.67. The number of nitrogens with zero attached hydrogens (tertiary/aromatic N) is 1. The lowest BCUT2D eigenvalue weighted by atomic mass is 10.0. The van der Waals surface area contributed by atoms with Gasteiger partial charge in [-0.05, 0) is 51.2 Å². The SMILES string of the molecule is Cc1ccc(C)c(-c2nc3c(c(=O)[nH]2)CCCCC3)c1. The molecule has 0 radical (unpaired) electrons. The highest BCUT2D eigenvalue weighted by Gasteiger charge is 2.15. The molecule has 20 heavy (non-hydrogen) atoms. The fraction of sp³-hybridized carbons (Fsp3) is 0.412. The standard InChI is InChI=1S/C17H20N2O/c1-11-8-9-12(2)14(10-11)16-18-15-7-5-3-4-6-13(15)17(20)19-16/h8-10H,3-7H2,1-2H3,(H,18,19,20). The van der Waals surface area contributed by atoms with Crippen LogP contribution in [0.3, 0.4) is 0 Å². The lowest BCUT2D eigenvalue weighted by Gasteiger charge is -2.10. The van der Waals surface area contributed by atoms with Crippen LogP contribution in [0.2, 0.25) is 0 Å². The summed E-state index contributed by atoms with van der Waals surface area (Å²) in [4.78, 5) is 20.0. The first-order valence-corrected chi connectivity index (χ1v) is 7.35. The number of benzene rings is 1. The Hall–Kier alpha value is -1.90. The van der Waals surface area contributed by atoms with E-state index in [0.29, 0.717) is 0 Å². The zero-order chi connectivity index (χ0) is 14.1. The second-order valence-corrected chi connectivity index (χ2v) is 5.72. The Kier molecular flexibility index (Phi) is 3.43. The maximum Gasteiger partial charge on any atom is 0.254 e. The molecule has 3 nitrogen and oxygen atoms in total. The minimum atomic E-state index is 0.0489. The first-order chi connectivity index (χ1) is 9.65. The van der Waals surface area contributed by atoms with Crippen molar-refractivity contribution in [3.63, 3.8) is 0 Å². The lowest BCUT2D eigenvalue weighted by Crippen LogP contribution is -2.18. The van der Waals surface area contributed by atoms with Crippen LogP contribution in [-0.4, -0.2) is 9.97 Å². The van der Waals surface area contributed by atoms with E-state index in [2.05, 4.69) is 37.0 Å². The molecule has 0 saturated heterocycles. The summed E-state index contributed by atoms with van der Waals surface area (Å²) in [6, 6.07) is 6.26. The largest absolute Gasteiger partial charge is 0.306 e. The van der Waals surface area contributed by atoms with Crippen molar-refractivity contribution in [2.24, 2.45) is 0 Å². The number of nitrogens with one attached hydrogen (secondary N) is 1. The van der Waals surface area contributed by atoms with E-state index in [1.54, 1.807) is 0 Å². The fourth-order valence-corrected chi connectivity index (χ4v) is 2.90. The smallest absolute Gasteiger partial charge is 0.254 e. The molecule has 0 saturated carbocycles. The zero-order valence-electron chi connectivity index (χ0n) is 12.1. The van der Waals surface area contributed by atoms with Gasteiger partial charge in [0.15, 0.2) is 0 Å². The predicted molar refractivity (Wildman–Crippen MR) is 81.0 cm³/mol. The Morgan fingerprint density at radius 3 is 2.75 bits per heavy atom. The monoisotopic (exact) mass is 268 g/mol. The van der Waals surface area contributed by atoms with Crippen molar-refractivity contribution >= 4 is 0 Å². The molecule has 104 valence electrons. The normalized spacial score (nSPS) is 14.7. The highest BCUT2D eigenvalue weighted by Crippen LogP contribution is 2.23. The number of fused-ring (bicyclic) bond motifs is 1. The number of hydrogen-bond acceptors (Lipinski definition) is 2. The van der Waals surface area contributed by atoms with Crippen LogP contribution in [0.1, 0.15) is 41.6 Å². The third-order valence-corrected chi connectivity index (χ3v) is 4.09. The van der Waals surface area contributed by atoms with Crippen LogP contribution >= 0.6 is 0 Å². The van der Waals surface area contributed by atoms with E-state index in [4.69, 9.17) is 4.98 Å². The minimum absolute atomic E-state index is 0.0489. The summed E-state index contributed by atoms with van der Waals surface area (Å²) >= 11 is 0. The first kappa shape index (κ1) is 13.1. The van der Waals surface area contributed by atoms with E-state index in [1.165, 1.54) is 12.0 Å². The van der Waals surface area contributed by atoms with Gasteiger partial charge >= 0.3 is 0 Å². The van der Waals surface area contributed by atoms with Crippen molar-refractivity contribution in [1.29, 1.82) is 0 Å². The van der Waals surface area contributed by atoms with E-state index in [1.807, 2.05) is 0 Å². The molecular formula is C17H20N2O. The van der Waals surface area contributed by atoms with Crippen LogP contribution in [0.4, 0.5) is 0 Å². The van der Waals surface area contributed by atoms with E-state index < -0.39 is 0 Å². The van der Waals surface area contributed by atoms with Gasteiger partial charge in [0.2, 0.25) is 0 Å². The van der Waals surface area contributed by atoms with Crippen molar-refractivity contribution in [3.05, 3.63) is 50.9 Å². The molecule has 1 N–H and O–H groups in total. The molecule has 0 bridgehead atoms. The molecule has 1 heterocycles. The summed E-state index contributed by atoms with van der Waals surface area (Å²) in [5, 5.41) is 0. The summed E-state index contributed by atoms with van der Waals surface area (Å²) in [5.74, 6) is 0.719. The third kappa shape index (κ3) is 2.40. The van der Waals surface area contributed by atoms with Crippen LogP contribution in [0.15, 0.2) is 23.0 Å². The molecule has 1 aliphatic rings. The number of hydrogen-bond donors (Lipinski definition) is 1. The average molecular weight is 268 g/mol. The number of aryl methyl sites for hydroxylation is 3. The molecular weight excluding hydrogens is 248 g/mol. The first-order valence-electron chi connectivity index (χ1n) is 7.35. The van der Waals surface area contributed by atoms with Gasteiger partial charge in [-0.2, -0.15) is 0 Å². The maximum atomic E-state index is 12.3. The Labute approximate surface area is 119 Å². The summed E-state index contributed by atoms with van der Waals surface area (Å²) in [6.45, 7) is 4.12. The highest BCUT2D eigenvalue weighted by atomic mass is 16.1. The third-order valence-electron chi connectivity index (χ3n) is 4.09. The second kappa shape index (κ2) is 5.23. The molecule has 0 unspecified atom stereocenters. The van der Waals surface area contributed by atoms with E-state index in [0.717, 1.165) is 53.9 Å². The van der Waals surface area contributed by atoms with E-state index in [-0.39, 0.29) is 5.56 Å². The quantitative estimate of drug-likeness (QED) is 0.806. The molecule has 1 aromatic heterocycles. The van der Waals surface area contributed by atoms with Crippen LogP contribution in [-0.2, 0) is 12.8 Å². The van der Waals surface area contributed by atoms with Crippen LogP contribution in [0.5, 0.6) is 0 Å². The Morgan fingerprint density at radius 2 is 1.90 bits per heavy atom. The molecule has 3 heteroatoms. The van der Waals surface area contributed by atoms with Crippen molar-refractivity contribution < 1.29 is 0 Å². The number of aromatic amines is 1. The van der Waals surface area contributed by atoms with Crippen molar-refractivity contribution in [2.45, 2.75) is 46.0 Å². The van der Waals surface area contributed by atoms with Gasteiger partial charge in [-0.15, -0.1) is 0 Å². The topological polar surface area (TPSA) is 45.8 Å². The van der Waals surface area contributed by atoms with Gasteiger partial charge in [-0.1, -0.05) is 24.1 Å². The highest BCUT2D eigenvalue weighted by molar-refractivity contribution is 5.61. The molecule has 3 rings (SSSR count). The van der Waals surface area contributed by atoms with Gasteiger partial charge in [0, 0.05) is 11.1 Å². The summed E-state index contributed by atoms with van der Waals surface area (Å²) < 4.78 is 0. The van der Waals surface area contributed by atoms with Gasteiger partial charge < -0.3 is 4.98 Å². The zero-order valence-corrected chi connectivity index (χ0v) is 12.1. The van der Waals surface area contributed by atoms with E-state index in [9.17, 15) is 4.79 Å². The van der Waals surface area contributed by atoms with Crippen LogP contribution in [0.25, 0.3) is 11.4 Å². The number of rotatable bonds is 1. The van der Waals surface area contributed by atoms with Gasteiger partial charge in [-0.25, -0.2) is 4.98 Å². The van der Waals surface area contributed by atoms with Crippen molar-refractivity contribution in [2.75, 3.05) is 0 Å². The van der Waals surface area contributed by atoms with Gasteiger partial charge in [0.25, 0.3) is 5.56 Å². The number of aromatic nitrogens is 2. The maximum absolute atomic E-state index is 12.3. The molecule has 0 amide bonds. The van der Waals surface area contributed by atoms with Gasteiger partial charge in [0.1, 0.15) is 5.82 Å².